The van der Waals surface area contributed by atoms with Gasteiger partial charge in [0.05, 0.1) is 17.7 Å². The monoisotopic (exact) mass is 440 g/mol. The third kappa shape index (κ3) is 5.47. The minimum atomic E-state index is -3.78. The molecule has 0 unspecified atom stereocenters. The molecular formula is C19H21ClN2O6S. The van der Waals surface area contributed by atoms with Gasteiger partial charge in [-0.25, -0.2) is 17.5 Å². The van der Waals surface area contributed by atoms with Crippen molar-refractivity contribution in [1.82, 2.24) is 4.31 Å². The van der Waals surface area contributed by atoms with Crippen LogP contribution in [0.2, 0.25) is 5.02 Å². The van der Waals surface area contributed by atoms with E-state index in [-0.39, 0.29) is 21.2 Å². The largest absolute Gasteiger partial charge is 0.496 e. The number of carbonyl (C=O) groups excluding carboxylic acids is 2. The van der Waals surface area contributed by atoms with Gasteiger partial charge in [-0.2, -0.15) is 0 Å². The first-order valence-corrected chi connectivity index (χ1v) is 10.2. The molecule has 0 radical (unpaired) electrons. The quantitative estimate of drug-likeness (QED) is 0.664. The highest BCUT2D eigenvalue weighted by Crippen LogP contribution is 2.27. The van der Waals surface area contributed by atoms with Gasteiger partial charge in [-0.1, -0.05) is 17.7 Å². The van der Waals surface area contributed by atoms with Crippen LogP contribution in [0.25, 0.3) is 0 Å². The first-order chi connectivity index (χ1) is 13.6. The molecule has 0 saturated heterocycles. The lowest BCUT2D eigenvalue weighted by Gasteiger charge is -2.14. The van der Waals surface area contributed by atoms with Gasteiger partial charge in [-0.05, 0) is 42.8 Å². The lowest BCUT2D eigenvalue weighted by molar-refractivity contribution is -0.119. The summed E-state index contributed by atoms with van der Waals surface area (Å²) in [7, 11) is 0.446. The molecule has 1 N–H and O–H groups in total. The second-order valence-electron chi connectivity index (χ2n) is 6.24. The third-order valence-corrected chi connectivity index (χ3v) is 6.25. The molecule has 10 heteroatoms. The van der Waals surface area contributed by atoms with Gasteiger partial charge in [0.2, 0.25) is 10.0 Å². The van der Waals surface area contributed by atoms with E-state index in [1.807, 2.05) is 6.92 Å². The predicted molar refractivity (Wildman–Crippen MR) is 109 cm³/mol. The Morgan fingerprint density at radius 3 is 2.45 bits per heavy atom. The van der Waals surface area contributed by atoms with Crippen molar-refractivity contribution in [3.05, 3.63) is 52.5 Å². The minimum absolute atomic E-state index is 0.0245. The topological polar surface area (TPSA) is 102 Å². The third-order valence-electron chi connectivity index (χ3n) is 3.95. The van der Waals surface area contributed by atoms with Gasteiger partial charge in [0.25, 0.3) is 5.91 Å². The Balaban J connectivity index is 2.05. The van der Waals surface area contributed by atoms with Gasteiger partial charge >= 0.3 is 5.97 Å². The molecule has 0 saturated carbocycles. The first-order valence-electron chi connectivity index (χ1n) is 8.40. The van der Waals surface area contributed by atoms with Crippen molar-refractivity contribution < 1.29 is 27.5 Å². The van der Waals surface area contributed by atoms with Crippen LogP contribution >= 0.6 is 11.6 Å². The van der Waals surface area contributed by atoms with Gasteiger partial charge in [-0.3, -0.25) is 4.79 Å². The van der Waals surface area contributed by atoms with Crippen LogP contribution in [0.3, 0.4) is 0 Å². The number of halogens is 1. The van der Waals surface area contributed by atoms with Gasteiger partial charge in [0, 0.05) is 19.8 Å². The normalized spacial score (nSPS) is 11.2. The molecule has 0 atom stereocenters. The number of methoxy groups -OCH3 is 1. The molecule has 0 aliphatic heterocycles. The summed E-state index contributed by atoms with van der Waals surface area (Å²) in [4.78, 5) is 24.1. The molecule has 0 aromatic heterocycles. The maximum absolute atomic E-state index is 12.3. The molecule has 0 fully saturated rings. The molecule has 0 aliphatic carbocycles. The summed E-state index contributed by atoms with van der Waals surface area (Å²) in [6.45, 7) is 1.28. The van der Waals surface area contributed by atoms with E-state index >= 15 is 0 Å². The van der Waals surface area contributed by atoms with E-state index in [2.05, 4.69) is 5.32 Å². The molecule has 2 aromatic rings. The van der Waals surface area contributed by atoms with E-state index in [4.69, 9.17) is 21.1 Å². The fourth-order valence-electron chi connectivity index (χ4n) is 2.33. The summed E-state index contributed by atoms with van der Waals surface area (Å²) in [5, 5.41) is 2.50. The lowest BCUT2D eigenvalue weighted by atomic mass is 10.1. The Labute approximate surface area is 174 Å². The molecule has 2 rings (SSSR count). The second kappa shape index (κ2) is 9.25. The average molecular weight is 441 g/mol. The van der Waals surface area contributed by atoms with Crippen molar-refractivity contribution in [2.75, 3.05) is 33.1 Å². The summed E-state index contributed by atoms with van der Waals surface area (Å²) in [6, 6.07) is 8.83. The molecule has 29 heavy (non-hydrogen) atoms. The van der Waals surface area contributed by atoms with E-state index in [9.17, 15) is 18.0 Å². The molecule has 0 aliphatic rings. The zero-order valence-corrected chi connectivity index (χ0v) is 17.9. The number of sulfonamides is 1. The van der Waals surface area contributed by atoms with Crippen LogP contribution in [0.1, 0.15) is 15.9 Å². The summed E-state index contributed by atoms with van der Waals surface area (Å²) < 4.78 is 35.7. The predicted octanol–water partition coefficient (Wildman–Crippen LogP) is 2.70. The van der Waals surface area contributed by atoms with E-state index < -0.39 is 28.5 Å². The maximum Gasteiger partial charge on any atom is 0.338 e. The van der Waals surface area contributed by atoms with Crippen molar-refractivity contribution in [2.45, 2.75) is 11.8 Å². The van der Waals surface area contributed by atoms with Crippen molar-refractivity contribution in [3.63, 3.8) is 0 Å². The number of amides is 1. The van der Waals surface area contributed by atoms with Crippen LogP contribution in [-0.2, 0) is 19.6 Å². The number of hydrogen-bond acceptors (Lipinski definition) is 6. The number of nitrogens with zero attached hydrogens (tertiary/aromatic N) is 1. The summed E-state index contributed by atoms with van der Waals surface area (Å²) >= 11 is 5.97. The zero-order valence-electron chi connectivity index (χ0n) is 16.4. The van der Waals surface area contributed by atoms with Crippen LogP contribution < -0.4 is 10.1 Å². The number of hydrogen-bond donors (Lipinski definition) is 1. The second-order valence-corrected chi connectivity index (χ2v) is 8.77. The summed E-state index contributed by atoms with van der Waals surface area (Å²) in [5.74, 6) is -0.793. The van der Waals surface area contributed by atoms with Gasteiger partial charge in [-0.15, -0.1) is 0 Å². The molecule has 156 valence electrons. The number of ether oxygens (including phenoxy) is 2. The first kappa shape index (κ1) is 22.7. The van der Waals surface area contributed by atoms with Crippen LogP contribution in [0, 0.1) is 6.92 Å². The number of rotatable bonds is 7. The van der Waals surface area contributed by atoms with Crippen molar-refractivity contribution in [2.24, 2.45) is 0 Å². The average Bonchev–Trinajstić information content (AvgIpc) is 2.67. The molecule has 0 heterocycles. The molecule has 1 amide bonds. The molecule has 0 spiro atoms. The van der Waals surface area contributed by atoms with E-state index in [0.717, 1.165) is 9.87 Å². The molecule has 2 aromatic carbocycles. The van der Waals surface area contributed by atoms with Crippen LogP contribution in [0.4, 0.5) is 5.69 Å². The van der Waals surface area contributed by atoms with Crippen molar-refractivity contribution in [3.8, 4) is 5.75 Å². The van der Waals surface area contributed by atoms with Gasteiger partial charge in [0.1, 0.15) is 10.6 Å². The van der Waals surface area contributed by atoms with E-state index in [1.54, 1.807) is 12.1 Å². The Morgan fingerprint density at radius 1 is 1.14 bits per heavy atom. The van der Waals surface area contributed by atoms with Crippen LogP contribution in [-0.4, -0.2) is 52.4 Å². The SMILES string of the molecule is COc1cc(C(=O)OCC(=O)Nc2ccc(Cl)c(S(=O)(=O)N(C)C)c2)ccc1C. The molecule has 8 nitrogen and oxygen atoms in total. The number of benzene rings is 2. The molecular weight excluding hydrogens is 420 g/mol. The van der Waals surface area contributed by atoms with Gasteiger partial charge < -0.3 is 14.8 Å². The lowest BCUT2D eigenvalue weighted by Crippen LogP contribution is -2.23. The minimum Gasteiger partial charge on any atom is -0.496 e. The van der Waals surface area contributed by atoms with Crippen molar-refractivity contribution in [1.29, 1.82) is 0 Å². The number of aryl methyl sites for hydroxylation is 1. The maximum atomic E-state index is 12.3. The van der Waals surface area contributed by atoms with Crippen LogP contribution in [0.5, 0.6) is 5.75 Å². The van der Waals surface area contributed by atoms with Crippen molar-refractivity contribution >= 4 is 39.2 Å². The Kier molecular flexibility index (Phi) is 7.23. The zero-order chi connectivity index (χ0) is 21.8. The number of nitrogens with one attached hydrogen (secondary N) is 1. The van der Waals surface area contributed by atoms with Gasteiger partial charge in [0.15, 0.2) is 6.61 Å². The Morgan fingerprint density at radius 2 is 1.83 bits per heavy atom. The fourth-order valence-corrected chi connectivity index (χ4v) is 3.73. The highest BCUT2D eigenvalue weighted by atomic mass is 35.5. The smallest absolute Gasteiger partial charge is 0.338 e. The Hall–Kier alpha value is -2.62. The summed E-state index contributed by atoms with van der Waals surface area (Å²) in [5.41, 5.74) is 1.30. The number of anilines is 1. The highest BCUT2D eigenvalue weighted by Gasteiger charge is 2.21. The highest BCUT2D eigenvalue weighted by molar-refractivity contribution is 7.89. The number of esters is 1. The fraction of sp³-hybridized carbons (Fsp3) is 0.263. The number of carbonyl (C=O) groups is 2. The van der Waals surface area contributed by atoms with E-state index in [0.29, 0.717) is 5.75 Å². The molecule has 0 bridgehead atoms. The summed E-state index contributed by atoms with van der Waals surface area (Å²) in [6.07, 6.45) is 0. The van der Waals surface area contributed by atoms with Crippen LogP contribution in [0.15, 0.2) is 41.3 Å². The van der Waals surface area contributed by atoms with E-state index in [1.165, 1.54) is 45.5 Å². The standard InChI is InChI=1S/C19H21ClN2O6S/c1-12-5-6-13(9-16(12)27-4)19(24)28-11-18(23)21-14-7-8-15(20)17(10-14)29(25,26)22(2)3/h5-10H,11H2,1-4H3,(H,21,23). The Bertz CT molecular complexity index is 1040.